The van der Waals surface area contributed by atoms with Crippen molar-refractivity contribution in [2.75, 3.05) is 7.11 Å². The minimum atomic E-state index is -0.465. The Morgan fingerprint density at radius 2 is 1.83 bits per heavy atom. The zero-order valence-corrected chi connectivity index (χ0v) is 13.5. The Hall–Kier alpha value is -2.66. The maximum absolute atomic E-state index is 12.3. The van der Waals surface area contributed by atoms with Gasteiger partial charge in [-0.3, -0.25) is 4.79 Å². The maximum Gasteiger partial charge on any atom is 0.338 e. The van der Waals surface area contributed by atoms with Crippen LogP contribution in [-0.4, -0.2) is 19.0 Å². The number of hydrogen-bond donors (Lipinski definition) is 0. The van der Waals surface area contributed by atoms with E-state index < -0.39 is 11.9 Å². The summed E-state index contributed by atoms with van der Waals surface area (Å²) in [6.45, 7) is 1.35. The first-order valence-corrected chi connectivity index (χ1v) is 7.86. The molecule has 4 nitrogen and oxygen atoms in total. The molecule has 2 aromatic carbocycles. The molecular formula is C18H14O4S. The van der Waals surface area contributed by atoms with E-state index in [1.165, 1.54) is 25.4 Å². The van der Waals surface area contributed by atoms with Gasteiger partial charge in [-0.05, 0) is 23.1 Å². The first-order valence-electron chi connectivity index (χ1n) is 6.98. The third kappa shape index (κ3) is 2.83. The Bertz CT molecular complexity index is 881. The predicted octanol–water partition coefficient (Wildman–Crippen LogP) is 4.28. The second-order valence-corrected chi connectivity index (χ2v) is 5.86. The molecular weight excluding hydrogens is 312 g/mol. The summed E-state index contributed by atoms with van der Waals surface area (Å²) in [4.78, 5) is 23.8. The van der Waals surface area contributed by atoms with E-state index in [2.05, 4.69) is 0 Å². The molecule has 0 bridgehead atoms. The van der Waals surface area contributed by atoms with Gasteiger partial charge in [0.15, 0.2) is 0 Å². The van der Waals surface area contributed by atoms with Crippen LogP contribution < -0.4 is 4.74 Å². The van der Waals surface area contributed by atoms with Gasteiger partial charge in [0.05, 0.1) is 12.7 Å². The summed E-state index contributed by atoms with van der Waals surface area (Å²) in [6, 6.07) is 13.0. The highest BCUT2D eigenvalue weighted by Crippen LogP contribution is 2.42. The molecule has 1 heterocycles. The van der Waals surface area contributed by atoms with Crippen LogP contribution in [0.15, 0.2) is 47.8 Å². The van der Waals surface area contributed by atoms with E-state index in [1.54, 1.807) is 6.07 Å². The number of esters is 2. The molecule has 23 heavy (non-hydrogen) atoms. The summed E-state index contributed by atoms with van der Waals surface area (Å²) in [6.07, 6.45) is 0. The quantitative estimate of drug-likeness (QED) is 0.532. The standard InChI is InChI=1S/C18H14O4S/c1-11(19)22-17-13-8-9-23-15(13)10-14(18(20)21-2)16(17)12-6-4-3-5-7-12/h3-10H,1-2H3. The van der Waals surface area contributed by atoms with Crippen LogP contribution in [0.3, 0.4) is 0 Å². The molecule has 0 aliphatic rings. The van der Waals surface area contributed by atoms with Crippen molar-refractivity contribution in [2.24, 2.45) is 0 Å². The molecule has 0 saturated carbocycles. The zero-order valence-electron chi connectivity index (χ0n) is 12.7. The fraction of sp³-hybridized carbons (Fsp3) is 0.111. The minimum Gasteiger partial charge on any atom is -0.465 e. The van der Waals surface area contributed by atoms with E-state index in [-0.39, 0.29) is 0 Å². The van der Waals surface area contributed by atoms with E-state index >= 15 is 0 Å². The van der Waals surface area contributed by atoms with Gasteiger partial charge in [0, 0.05) is 22.6 Å². The largest absolute Gasteiger partial charge is 0.465 e. The Morgan fingerprint density at radius 1 is 1.09 bits per heavy atom. The molecule has 0 N–H and O–H groups in total. The third-order valence-electron chi connectivity index (χ3n) is 3.43. The van der Waals surface area contributed by atoms with E-state index in [1.807, 2.05) is 41.8 Å². The Labute approximate surface area is 137 Å². The summed E-state index contributed by atoms with van der Waals surface area (Å²) in [5.74, 6) is -0.507. The van der Waals surface area contributed by atoms with Crippen LogP contribution in [-0.2, 0) is 9.53 Å². The lowest BCUT2D eigenvalue weighted by Gasteiger charge is -2.15. The summed E-state index contributed by atoms with van der Waals surface area (Å²) in [5, 5.41) is 2.70. The third-order valence-corrected chi connectivity index (χ3v) is 4.29. The molecule has 0 saturated heterocycles. The van der Waals surface area contributed by atoms with Crippen LogP contribution >= 0.6 is 11.3 Å². The number of rotatable bonds is 3. The van der Waals surface area contributed by atoms with Crippen molar-refractivity contribution in [3.8, 4) is 16.9 Å². The average molecular weight is 326 g/mol. The van der Waals surface area contributed by atoms with Crippen LogP contribution in [0.1, 0.15) is 17.3 Å². The molecule has 0 fully saturated rings. The zero-order chi connectivity index (χ0) is 16.4. The van der Waals surface area contributed by atoms with Crippen LogP contribution in [0.4, 0.5) is 0 Å². The number of carbonyl (C=O) groups is 2. The average Bonchev–Trinajstić information content (AvgIpc) is 3.02. The summed E-state index contributed by atoms with van der Waals surface area (Å²) in [5.41, 5.74) is 1.74. The molecule has 0 amide bonds. The van der Waals surface area contributed by atoms with Crippen molar-refractivity contribution < 1.29 is 19.1 Å². The van der Waals surface area contributed by atoms with Crippen molar-refractivity contribution in [2.45, 2.75) is 6.92 Å². The first kappa shape index (κ1) is 15.2. The van der Waals surface area contributed by atoms with Crippen molar-refractivity contribution >= 4 is 33.4 Å². The predicted molar refractivity (Wildman–Crippen MR) is 89.9 cm³/mol. The number of benzene rings is 2. The van der Waals surface area contributed by atoms with Gasteiger partial charge in [0.1, 0.15) is 5.75 Å². The summed E-state index contributed by atoms with van der Waals surface area (Å²) < 4.78 is 11.2. The van der Waals surface area contributed by atoms with Crippen molar-refractivity contribution in [1.29, 1.82) is 0 Å². The summed E-state index contributed by atoms with van der Waals surface area (Å²) in [7, 11) is 1.33. The normalized spacial score (nSPS) is 10.5. The highest BCUT2D eigenvalue weighted by atomic mass is 32.1. The monoisotopic (exact) mass is 326 g/mol. The van der Waals surface area contributed by atoms with Crippen LogP contribution in [0.5, 0.6) is 5.75 Å². The number of thiophene rings is 1. The number of carbonyl (C=O) groups excluding carboxylic acids is 2. The molecule has 0 radical (unpaired) electrons. The molecule has 3 rings (SSSR count). The Balaban J connectivity index is 2.40. The highest BCUT2D eigenvalue weighted by Gasteiger charge is 2.23. The molecule has 1 aromatic heterocycles. The van der Waals surface area contributed by atoms with Crippen LogP contribution in [0.25, 0.3) is 21.2 Å². The van der Waals surface area contributed by atoms with Crippen LogP contribution in [0.2, 0.25) is 0 Å². The van der Waals surface area contributed by atoms with Crippen molar-refractivity contribution in [3.63, 3.8) is 0 Å². The highest BCUT2D eigenvalue weighted by molar-refractivity contribution is 7.17. The van der Waals surface area contributed by atoms with E-state index in [4.69, 9.17) is 9.47 Å². The van der Waals surface area contributed by atoms with Gasteiger partial charge in [-0.25, -0.2) is 4.79 Å². The lowest BCUT2D eigenvalue weighted by Crippen LogP contribution is -2.08. The topological polar surface area (TPSA) is 52.6 Å². The first-order chi connectivity index (χ1) is 11.1. The Kier molecular flexibility index (Phi) is 4.12. The van der Waals surface area contributed by atoms with Gasteiger partial charge >= 0.3 is 11.9 Å². The van der Waals surface area contributed by atoms with Crippen LogP contribution in [0, 0.1) is 0 Å². The lowest BCUT2D eigenvalue weighted by molar-refractivity contribution is -0.131. The number of fused-ring (bicyclic) bond motifs is 1. The molecule has 0 atom stereocenters. The molecule has 3 aromatic rings. The van der Waals surface area contributed by atoms with Gasteiger partial charge in [-0.15, -0.1) is 11.3 Å². The fourth-order valence-corrected chi connectivity index (χ4v) is 3.32. The maximum atomic E-state index is 12.3. The molecule has 0 spiro atoms. The van der Waals surface area contributed by atoms with Gasteiger partial charge in [0.25, 0.3) is 0 Å². The molecule has 0 unspecified atom stereocenters. The molecule has 0 aliphatic carbocycles. The van der Waals surface area contributed by atoms with E-state index in [9.17, 15) is 9.59 Å². The molecule has 5 heteroatoms. The van der Waals surface area contributed by atoms with Crippen molar-refractivity contribution in [3.05, 3.63) is 53.4 Å². The molecule has 116 valence electrons. The second-order valence-electron chi connectivity index (χ2n) is 4.91. The van der Waals surface area contributed by atoms with E-state index in [0.29, 0.717) is 16.9 Å². The van der Waals surface area contributed by atoms with Gasteiger partial charge in [0.2, 0.25) is 0 Å². The lowest BCUT2D eigenvalue weighted by atomic mass is 9.96. The SMILES string of the molecule is COC(=O)c1cc2sccc2c(OC(C)=O)c1-c1ccccc1. The van der Waals surface area contributed by atoms with E-state index in [0.717, 1.165) is 15.6 Å². The van der Waals surface area contributed by atoms with Gasteiger partial charge in [-0.1, -0.05) is 30.3 Å². The van der Waals surface area contributed by atoms with Crippen molar-refractivity contribution in [1.82, 2.24) is 0 Å². The molecule has 0 aliphatic heterocycles. The summed E-state index contributed by atoms with van der Waals surface area (Å²) >= 11 is 1.48. The van der Waals surface area contributed by atoms with Gasteiger partial charge < -0.3 is 9.47 Å². The second kappa shape index (κ2) is 6.22. The number of hydrogen-bond acceptors (Lipinski definition) is 5. The minimum absolute atomic E-state index is 0.380. The fourth-order valence-electron chi connectivity index (χ4n) is 2.49. The number of methoxy groups -OCH3 is 1. The van der Waals surface area contributed by atoms with Gasteiger partial charge in [-0.2, -0.15) is 0 Å². The smallest absolute Gasteiger partial charge is 0.338 e. The number of ether oxygens (including phenoxy) is 2. The Morgan fingerprint density at radius 3 is 2.48 bits per heavy atom.